The van der Waals surface area contributed by atoms with Crippen LogP contribution in [-0.4, -0.2) is 9.55 Å². The summed E-state index contributed by atoms with van der Waals surface area (Å²) in [5, 5.41) is 9.67. The van der Waals surface area contributed by atoms with Gasteiger partial charge >= 0.3 is 0 Å². The average Bonchev–Trinajstić information content (AvgIpc) is 2.76. The summed E-state index contributed by atoms with van der Waals surface area (Å²) in [4.78, 5) is 3.02. The SMILES string of the molecule is N#Cc1cc(F)ccc1-n1c(=S)[nH]c2cccc(Cl)c21. The van der Waals surface area contributed by atoms with Crippen molar-refractivity contribution in [2.24, 2.45) is 0 Å². The molecule has 1 N–H and O–H groups in total. The highest BCUT2D eigenvalue weighted by molar-refractivity contribution is 7.71. The molecule has 0 spiro atoms. The third-order valence-corrected chi connectivity index (χ3v) is 3.56. The van der Waals surface area contributed by atoms with Gasteiger partial charge in [0.25, 0.3) is 0 Å². The van der Waals surface area contributed by atoms with Gasteiger partial charge in [0.15, 0.2) is 4.77 Å². The number of halogens is 2. The number of nitrogens with zero attached hydrogens (tertiary/aromatic N) is 2. The highest BCUT2D eigenvalue weighted by Gasteiger charge is 2.13. The average molecular weight is 304 g/mol. The van der Waals surface area contributed by atoms with Crippen molar-refractivity contribution in [3.05, 3.63) is 57.6 Å². The van der Waals surface area contributed by atoms with Crippen LogP contribution in [0.5, 0.6) is 0 Å². The predicted molar refractivity (Wildman–Crippen MR) is 78.1 cm³/mol. The molecular formula is C14H7ClFN3S. The maximum Gasteiger partial charge on any atom is 0.182 e. The lowest BCUT2D eigenvalue weighted by Gasteiger charge is -2.07. The summed E-state index contributed by atoms with van der Waals surface area (Å²) in [5.41, 5.74) is 2.12. The first-order chi connectivity index (χ1) is 9.61. The summed E-state index contributed by atoms with van der Waals surface area (Å²) in [5.74, 6) is -0.470. The number of aromatic nitrogens is 2. The molecule has 2 aromatic carbocycles. The largest absolute Gasteiger partial charge is 0.330 e. The number of para-hydroxylation sites is 1. The smallest absolute Gasteiger partial charge is 0.182 e. The number of H-pyrrole nitrogens is 1. The zero-order valence-electron chi connectivity index (χ0n) is 10.0. The van der Waals surface area contributed by atoms with E-state index in [1.165, 1.54) is 18.2 Å². The van der Waals surface area contributed by atoms with Crippen molar-refractivity contribution in [2.45, 2.75) is 0 Å². The topological polar surface area (TPSA) is 44.5 Å². The second kappa shape index (κ2) is 4.75. The van der Waals surface area contributed by atoms with E-state index in [9.17, 15) is 4.39 Å². The van der Waals surface area contributed by atoms with E-state index in [-0.39, 0.29) is 5.56 Å². The number of imidazole rings is 1. The molecule has 1 heterocycles. The Morgan fingerprint density at radius 2 is 2.10 bits per heavy atom. The first-order valence-corrected chi connectivity index (χ1v) is 6.49. The lowest BCUT2D eigenvalue weighted by atomic mass is 10.2. The van der Waals surface area contributed by atoms with Crippen molar-refractivity contribution >= 4 is 34.9 Å². The number of rotatable bonds is 1. The van der Waals surface area contributed by atoms with Crippen molar-refractivity contribution < 1.29 is 4.39 Å². The lowest BCUT2D eigenvalue weighted by molar-refractivity contribution is 0.627. The van der Waals surface area contributed by atoms with Gasteiger partial charge < -0.3 is 4.98 Å². The summed E-state index contributed by atoms with van der Waals surface area (Å²) in [6, 6.07) is 11.3. The molecule has 0 fully saturated rings. The van der Waals surface area contributed by atoms with Gasteiger partial charge in [-0.1, -0.05) is 17.7 Å². The molecule has 20 heavy (non-hydrogen) atoms. The van der Waals surface area contributed by atoms with Crippen LogP contribution in [0.1, 0.15) is 5.56 Å². The van der Waals surface area contributed by atoms with Crippen LogP contribution in [0.2, 0.25) is 5.02 Å². The molecule has 3 rings (SSSR count). The van der Waals surface area contributed by atoms with Crippen LogP contribution in [0.15, 0.2) is 36.4 Å². The van der Waals surface area contributed by atoms with E-state index in [0.717, 1.165) is 5.52 Å². The minimum Gasteiger partial charge on any atom is -0.330 e. The van der Waals surface area contributed by atoms with E-state index in [2.05, 4.69) is 4.98 Å². The molecule has 6 heteroatoms. The molecule has 0 bridgehead atoms. The van der Waals surface area contributed by atoms with Crippen LogP contribution in [-0.2, 0) is 0 Å². The van der Waals surface area contributed by atoms with Crippen LogP contribution >= 0.6 is 23.8 Å². The molecule has 0 saturated carbocycles. The van der Waals surface area contributed by atoms with Gasteiger partial charge in [-0.3, -0.25) is 4.57 Å². The van der Waals surface area contributed by atoms with E-state index < -0.39 is 5.82 Å². The van der Waals surface area contributed by atoms with E-state index in [0.29, 0.717) is 21.0 Å². The fraction of sp³-hybridized carbons (Fsp3) is 0. The highest BCUT2D eigenvalue weighted by Crippen LogP contribution is 2.28. The second-order valence-corrected chi connectivity index (χ2v) is 4.97. The fourth-order valence-corrected chi connectivity index (χ4v) is 2.70. The monoisotopic (exact) mass is 303 g/mol. The number of fused-ring (bicyclic) bond motifs is 1. The van der Waals surface area contributed by atoms with E-state index in [4.69, 9.17) is 29.1 Å². The van der Waals surface area contributed by atoms with Gasteiger partial charge in [-0.2, -0.15) is 5.26 Å². The lowest BCUT2D eigenvalue weighted by Crippen LogP contribution is -1.98. The molecule has 3 aromatic rings. The first kappa shape index (κ1) is 12.9. The number of benzene rings is 2. The van der Waals surface area contributed by atoms with Crippen LogP contribution in [0.3, 0.4) is 0 Å². The Labute approximate surface area is 123 Å². The van der Waals surface area contributed by atoms with E-state index in [1.807, 2.05) is 12.1 Å². The van der Waals surface area contributed by atoms with Crippen molar-refractivity contribution in [2.75, 3.05) is 0 Å². The van der Waals surface area contributed by atoms with Gasteiger partial charge in [0.2, 0.25) is 0 Å². The van der Waals surface area contributed by atoms with Gasteiger partial charge in [-0.05, 0) is 42.5 Å². The van der Waals surface area contributed by atoms with Crippen molar-refractivity contribution in [3.8, 4) is 11.8 Å². The molecule has 0 amide bonds. The number of nitrogens with one attached hydrogen (secondary N) is 1. The Morgan fingerprint density at radius 3 is 2.85 bits per heavy atom. The van der Waals surface area contributed by atoms with E-state index >= 15 is 0 Å². The van der Waals surface area contributed by atoms with Crippen LogP contribution in [0.25, 0.3) is 16.7 Å². The number of hydrogen-bond acceptors (Lipinski definition) is 2. The Balaban J connectivity index is 2.45. The normalized spacial score (nSPS) is 10.7. The standard InChI is InChI=1S/C14H7ClFN3S/c15-10-2-1-3-11-13(10)19(14(20)18-11)12-5-4-9(16)6-8(12)7-17/h1-6H,(H,18,20). The van der Waals surface area contributed by atoms with Gasteiger partial charge in [-0.25, -0.2) is 4.39 Å². The quantitative estimate of drug-likeness (QED) is 0.679. The third kappa shape index (κ3) is 1.90. The molecule has 0 unspecified atom stereocenters. The van der Waals surface area contributed by atoms with Gasteiger partial charge in [0.05, 0.1) is 27.3 Å². The Morgan fingerprint density at radius 1 is 1.30 bits per heavy atom. The molecule has 3 nitrogen and oxygen atoms in total. The summed E-state index contributed by atoms with van der Waals surface area (Å²) in [7, 11) is 0. The molecule has 0 radical (unpaired) electrons. The minimum absolute atomic E-state index is 0.196. The fourth-order valence-electron chi connectivity index (χ4n) is 2.14. The maximum absolute atomic E-state index is 13.2. The Bertz CT molecular complexity index is 920. The first-order valence-electron chi connectivity index (χ1n) is 5.71. The Kier molecular flexibility index (Phi) is 3.05. The van der Waals surface area contributed by atoms with Crippen molar-refractivity contribution in [1.29, 1.82) is 5.26 Å². The van der Waals surface area contributed by atoms with Crippen LogP contribution in [0, 0.1) is 21.9 Å². The zero-order valence-corrected chi connectivity index (χ0v) is 11.6. The molecule has 0 atom stereocenters. The molecule has 0 aliphatic carbocycles. The van der Waals surface area contributed by atoms with Gasteiger partial charge in [0, 0.05) is 0 Å². The Hall–Kier alpha value is -2.16. The summed E-state index contributed by atoms with van der Waals surface area (Å²) >= 11 is 11.5. The molecule has 1 aromatic heterocycles. The van der Waals surface area contributed by atoms with Crippen molar-refractivity contribution in [3.63, 3.8) is 0 Å². The second-order valence-electron chi connectivity index (χ2n) is 4.17. The summed E-state index contributed by atoms with van der Waals surface area (Å²) < 4.78 is 15.3. The molecule has 0 aliphatic rings. The predicted octanol–water partition coefficient (Wildman–Crippen LogP) is 4.35. The molecule has 98 valence electrons. The maximum atomic E-state index is 13.2. The number of hydrogen-bond donors (Lipinski definition) is 1. The number of aromatic amines is 1. The molecule has 0 aliphatic heterocycles. The van der Waals surface area contributed by atoms with Crippen LogP contribution in [0.4, 0.5) is 4.39 Å². The molecular weight excluding hydrogens is 297 g/mol. The van der Waals surface area contributed by atoms with Crippen LogP contribution < -0.4 is 0 Å². The zero-order chi connectivity index (χ0) is 14.3. The molecule has 0 saturated heterocycles. The van der Waals surface area contributed by atoms with Gasteiger partial charge in [0.1, 0.15) is 11.9 Å². The summed E-state index contributed by atoms with van der Waals surface area (Å²) in [6.07, 6.45) is 0. The summed E-state index contributed by atoms with van der Waals surface area (Å²) in [6.45, 7) is 0. The van der Waals surface area contributed by atoms with Crippen molar-refractivity contribution in [1.82, 2.24) is 9.55 Å². The third-order valence-electron chi connectivity index (χ3n) is 2.98. The van der Waals surface area contributed by atoms with E-state index in [1.54, 1.807) is 16.7 Å². The van der Waals surface area contributed by atoms with Gasteiger partial charge in [-0.15, -0.1) is 0 Å². The highest BCUT2D eigenvalue weighted by atomic mass is 35.5. The number of nitriles is 1. The minimum atomic E-state index is -0.470.